The van der Waals surface area contributed by atoms with Gasteiger partial charge in [-0.1, -0.05) is 48.0 Å². The molecule has 0 radical (unpaired) electrons. The zero-order valence-electron chi connectivity index (χ0n) is 24.3. The number of fused-ring (bicyclic) bond motifs is 7. The van der Waals surface area contributed by atoms with E-state index >= 15 is 0 Å². The van der Waals surface area contributed by atoms with Crippen LogP contribution < -0.4 is 0 Å². The van der Waals surface area contributed by atoms with Crippen LogP contribution >= 0.6 is 0 Å². The molecule has 3 nitrogen and oxygen atoms in total. The third-order valence-corrected chi connectivity index (χ3v) is 14.0. The molecular formula is C32H54O3. The molecule has 5 saturated carbocycles. The molecule has 0 bridgehead atoms. The maximum absolute atomic E-state index is 12.5. The lowest BCUT2D eigenvalue weighted by Gasteiger charge is -2.74. The summed E-state index contributed by atoms with van der Waals surface area (Å²) in [5, 5.41) is 11.1. The van der Waals surface area contributed by atoms with Crippen molar-refractivity contribution in [3.63, 3.8) is 0 Å². The van der Waals surface area contributed by atoms with Crippen LogP contribution in [-0.2, 0) is 9.53 Å². The van der Waals surface area contributed by atoms with Gasteiger partial charge in [0.1, 0.15) is 6.10 Å². The predicted octanol–water partition coefficient (Wildman–Crippen LogP) is 7.79. The van der Waals surface area contributed by atoms with Crippen LogP contribution in [0.1, 0.15) is 127 Å². The number of hydrogen-bond acceptors (Lipinski definition) is 3. The van der Waals surface area contributed by atoms with Crippen LogP contribution in [0.5, 0.6) is 0 Å². The van der Waals surface area contributed by atoms with Crippen LogP contribution in [0.3, 0.4) is 0 Å². The quantitative estimate of drug-likeness (QED) is 0.405. The lowest BCUT2D eigenvalue weighted by Crippen LogP contribution is -2.70. The molecule has 0 aromatic carbocycles. The van der Waals surface area contributed by atoms with Crippen LogP contribution in [0.4, 0.5) is 0 Å². The molecule has 0 amide bonds. The highest BCUT2D eigenvalue weighted by Crippen LogP contribution is 2.78. The first-order valence-corrected chi connectivity index (χ1v) is 14.9. The van der Waals surface area contributed by atoms with E-state index in [1.807, 2.05) is 13.8 Å². The second-order valence-corrected chi connectivity index (χ2v) is 16.1. The van der Waals surface area contributed by atoms with Gasteiger partial charge in [-0.05, 0) is 123 Å². The first-order valence-electron chi connectivity index (χ1n) is 14.9. The van der Waals surface area contributed by atoms with Gasteiger partial charge in [0.2, 0.25) is 0 Å². The summed E-state index contributed by atoms with van der Waals surface area (Å²) in [6.07, 6.45) is 12.4. The van der Waals surface area contributed by atoms with Crippen molar-refractivity contribution in [2.24, 2.45) is 56.7 Å². The van der Waals surface area contributed by atoms with Crippen molar-refractivity contribution in [1.82, 2.24) is 0 Å². The van der Waals surface area contributed by atoms with E-state index in [9.17, 15) is 9.90 Å². The fraction of sp³-hybridized carbons (Fsp3) is 0.969. The standard InChI is InChI=1S/C32H54O3/c1-20(33)35-26-19-22-21(28(4,5)34)13-17-29(22,6)25-12-11-24-30(7)16-10-15-27(2,3)23(30)14-18-31(24,8)32(25,26)9/h21-26,34H,10-19H2,1-9H3/t21-,22-,23-,24+,25+,26-,29-,30-,31+,32-/m0/s1. The average Bonchev–Trinajstić information content (AvgIpc) is 3.05. The molecule has 5 fully saturated rings. The summed E-state index contributed by atoms with van der Waals surface area (Å²) in [6, 6.07) is 0. The topological polar surface area (TPSA) is 46.5 Å². The van der Waals surface area contributed by atoms with E-state index in [1.165, 1.54) is 51.4 Å². The van der Waals surface area contributed by atoms with Crippen molar-refractivity contribution in [1.29, 1.82) is 0 Å². The Kier molecular flexibility index (Phi) is 5.76. The number of carbonyl (C=O) groups excluding carboxylic acids is 1. The number of hydrogen-bond donors (Lipinski definition) is 1. The van der Waals surface area contributed by atoms with Crippen LogP contribution in [0, 0.1) is 56.7 Å². The molecule has 35 heavy (non-hydrogen) atoms. The normalized spacial score (nSPS) is 53.1. The molecule has 0 heterocycles. The Bertz CT molecular complexity index is 871. The van der Waals surface area contributed by atoms with Crippen molar-refractivity contribution in [3.05, 3.63) is 0 Å². The Labute approximate surface area is 215 Å². The number of carbonyl (C=O) groups is 1. The first kappa shape index (κ1) is 26.1. The van der Waals surface area contributed by atoms with Crippen LogP contribution in [0.15, 0.2) is 0 Å². The molecule has 0 saturated heterocycles. The minimum absolute atomic E-state index is 0.0170. The second kappa shape index (κ2) is 7.73. The third-order valence-electron chi connectivity index (χ3n) is 14.0. The van der Waals surface area contributed by atoms with Gasteiger partial charge in [-0.25, -0.2) is 0 Å². The zero-order chi connectivity index (χ0) is 25.8. The average molecular weight is 487 g/mol. The highest BCUT2D eigenvalue weighted by Gasteiger charge is 2.73. The Morgan fingerprint density at radius 1 is 0.829 bits per heavy atom. The van der Waals surface area contributed by atoms with Crippen molar-refractivity contribution in [3.8, 4) is 0 Å². The van der Waals surface area contributed by atoms with E-state index in [0.717, 1.165) is 18.8 Å². The molecule has 0 aromatic rings. The van der Waals surface area contributed by atoms with Gasteiger partial charge in [-0.3, -0.25) is 4.79 Å². The minimum Gasteiger partial charge on any atom is -0.462 e. The maximum Gasteiger partial charge on any atom is 0.302 e. The molecule has 5 aliphatic carbocycles. The van der Waals surface area contributed by atoms with E-state index in [2.05, 4.69) is 41.5 Å². The van der Waals surface area contributed by atoms with Gasteiger partial charge in [0.05, 0.1) is 5.60 Å². The van der Waals surface area contributed by atoms with Crippen molar-refractivity contribution in [2.75, 3.05) is 0 Å². The molecule has 10 atom stereocenters. The maximum atomic E-state index is 12.5. The molecule has 0 spiro atoms. The summed E-state index contributed by atoms with van der Waals surface area (Å²) < 4.78 is 6.38. The van der Waals surface area contributed by atoms with E-state index < -0.39 is 5.60 Å². The summed E-state index contributed by atoms with van der Waals surface area (Å²) in [7, 11) is 0. The Morgan fingerprint density at radius 3 is 2.11 bits per heavy atom. The lowest BCUT2D eigenvalue weighted by atomic mass is 9.31. The van der Waals surface area contributed by atoms with Gasteiger partial charge in [0.15, 0.2) is 0 Å². The molecule has 1 N–H and O–H groups in total. The number of rotatable bonds is 2. The van der Waals surface area contributed by atoms with Gasteiger partial charge in [0.25, 0.3) is 0 Å². The Hall–Kier alpha value is -0.570. The van der Waals surface area contributed by atoms with Crippen molar-refractivity contribution >= 4 is 5.97 Å². The van der Waals surface area contributed by atoms with Gasteiger partial charge < -0.3 is 9.84 Å². The molecule has 0 aliphatic heterocycles. The largest absolute Gasteiger partial charge is 0.462 e. The monoisotopic (exact) mass is 486 g/mol. The number of esters is 1. The molecule has 0 aromatic heterocycles. The SMILES string of the molecule is CC(=O)O[C@H]1C[C@H]2[C@@H](C(C)(C)O)CC[C@]2(C)[C@H]2CC[C@@H]3[C@@]4(C)CCCC(C)(C)[C@@H]4CC[C@@]3(C)[C@]12C. The highest BCUT2D eigenvalue weighted by molar-refractivity contribution is 5.66. The first-order chi connectivity index (χ1) is 16.0. The van der Waals surface area contributed by atoms with Crippen LogP contribution in [0.2, 0.25) is 0 Å². The summed E-state index contributed by atoms with van der Waals surface area (Å²) in [5.41, 5.74) is 0.500. The summed E-state index contributed by atoms with van der Waals surface area (Å²) in [6.45, 7) is 21.1. The Balaban J connectivity index is 1.61. The van der Waals surface area contributed by atoms with Gasteiger partial charge >= 0.3 is 5.97 Å². The summed E-state index contributed by atoms with van der Waals surface area (Å²) in [4.78, 5) is 12.5. The predicted molar refractivity (Wildman–Crippen MR) is 142 cm³/mol. The van der Waals surface area contributed by atoms with E-state index in [0.29, 0.717) is 28.6 Å². The van der Waals surface area contributed by atoms with Crippen molar-refractivity contribution < 1.29 is 14.6 Å². The molecule has 5 rings (SSSR count). The fourth-order valence-electron chi connectivity index (χ4n) is 12.5. The number of aliphatic hydroxyl groups is 1. The smallest absolute Gasteiger partial charge is 0.302 e. The van der Waals surface area contributed by atoms with Crippen LogP contribution in [0.25, 0.3) is 0 Å². The molecule has 200 valence electrons. The van der Waals surface area contributed by atoms with E-state index in [-0.39, 0.29) is 34.2 Å². The fourth-order valence-corrected chi connectivity index (χ4v) is 12.5. The second-order valence-electron chi connectivity index (χ2n) is 16.1. The number of ether oxygens (including phenoxy) is 1. The highest BCUT2D eigenvalue weighted by atomic mass is 16.5. The molecule has 5 aliphatic rings. The molecule has 3 heteroatoms. The molecular weight excluding hydrogens is 432 g/mol. The van der Waals surface area contributed by atoms with Crippen molar-refractivity contribution in [2.45, 2.75) is 138 Å². The van der Waals surface area contributed by atoms with E-state index in [1.54, 1.807) is 6.92 Å². The summed E-state index contributed by atoms with van der Waals surface area (Å²) >= 11 is 0. The minimum atomic E-state index is -0.683. The van der Waals surface area contributed by atoms with E-state index in [4.69, 9.17) is 4.74 Å². The lowest BCUT2D eigenvalue weighted by molar-refractivity contribution is -0.279. The summed E-state index contributed by atoms with van der Waals surface area (Å²) in [5.74, 6) is 2.62. The Morgan fingerprint density at radius 2 is 1.49 bits per heavy atom. The third kappa shape index (κ3) is 3.34. The van der Waals surface area contributed by atoms with Gasteiger partial charge in [-0.15, -0.1) is 0 Å². The zero-order valence-corrected chi connectivity index (χ0v) is 24.3. The van der Waals surface area contributed by atoms with Crippen LogP contribution in [-0.4, -0.2) is 22.8 Å². The van der Waals surface area contributed by atoms with Gasteiger partial charge in [0, 0.05) is 12.3 Å². The molecule has 0 unspecified atom stereocenters. The van der Waals surface area contributed by atoms with Gasteiger partial charge in [-0.2, -0.15) is 0 Å².